The third-order valence-electron chi connectivity index (χ3n) is 5.98. The van der Waals surface area contributed by atoms with E-state index in [1.54, 1.807) is 0 Å². The smallest absolute Gasteiger partial charge is 0.251 e. The third-order valence-corrected chi connectivity index (χ3v) is 5.98. The first-order valence-electron chi connectivity index (χ1n) is 10.8. The van der Waals surface area contributed by atoms with E-state index in [1.807, 2.05) is 36.4 Å². The highest BCUT2D eigenvalue weighted by molar-refractivity contribution is 5.94. The summed E-state index contributed by atoms with van der Waals surface area (Å²) in [5, 5.41) is 10.9. The Kier molecular flexibility index (Phi) is 5.13. The fraction of sp³-hybridized carbons (Fsp3) is 0.185. The molecule has 154 valence electrons. The van der Waals surface area contributed by atoms with E-state index in [2.05, 4.69) is 58.8 Å². The van der Waals surface area contributed by atoms with Crippen LogP contribution >= 0.6 is 0 Å². The van der Waals surface area contributed by atoms with E-state index in [0.717, 1.165) is 41.8 Å². The number of amides is 1. The Hall–Kier alpha value is -3.66. The molecule has 1 amide bonds. The molecule has 0 fully saturated rings. The summed E-state index contributed by atoms with van der Waals surface area (Å²) in [6.07, 6.45) is 3.18. The van der Waals surface area contributed by atoms with Crippen LogP contribution in [0.15, 0.2) is 72.8 Å². The predicted molar refractivity (Wildman–Crippen MR) is 124 cm³/mol. The zero-order chi connectivity index (χ0) is 21.2. The van der Waals surface area contributed by atoms with Gasteiger partial charge in [0.05, 0.1) is 11.4 Å². The number of aromatic nitrogens is 2. The Bertz CT molecular complexity index is 1240. The maximum absolute atomic E-state index is 12.6. The van der Waals surface area contributed by atoms with Crippen molar-refractivity contribution in [1.29, 1.82) is 0 Å². The topological polar surface area (TPSA) is 57.8 Å². The van der Waals surface area contributed by atoms with Gasteiger partial charge >= 0.3 is 0 Å². The lowest BCUT2D eigenvalue weighted by Gasteiger charge is -2.07. The van der Waals surface area contributed by atoms with Crippen molar-refractivity contribution in [2.75, 3.05) is 0 Å². The van der Waals surface area contributed by atoms with Crippen LogP contribution in [0.4, 0.5) is 0 Å². The number of nitrogens with zero attached hydrogens (tertiary/aromatic N) is 1. The van der Waals surface area contributed by atoms with Crippen LogP contribution in [0.5, 0.6) is 0 Å². The highest BCUT2D eigenvalue weighted by Crippen LogP contribution is 2.36. The van der Waals surface area contributed by atoms with E-state index < -0.39 is 0 Å². The summed E-state index contributed by atoms with van der Waals surface area (Å²) in [6, 6.07) is 24.5. The van der Waals surface area contributed by atoms with Gasteiger partial charge in [-0.25, -0.2) is 0 Å². The minimum absolute atomic E-state index is 0.0668. The molecule has 0 saturated heterocycles. The molecule has 4 aromatic rings. The largest absolute Gasteiger partial charge is 0.348 e. The molecule has 0 atom stereocenters. The maximum atomic E-state index is 12.6. The van der Waals surface area contributed by atoms with Gasteiger partial charge in [0, 0.05) is 28.8 Å². The number of aromatic amines is 1. The first-order chi connectivity index (χ1) is 15.2. The predicted octanol–water partition coefficient (Wildman–Crippen LogP) is 5.47. The fourth-order valence-corrected chi connectivity index (χ4v) is 4.39. The minimum atomic E-state index is -0.0668. The summed E-state index contributed by atoms with van der Waals surface area (Å²) in [7, 11) is 0. The van der Waals surface area contributed by atoms with Crippen LogP contribution in [-0.2, 0) is 19.4 Å². The number of rotatable bonds is 4. The molecule has 0 spiro atoms. The van der Waals surface area contributed by atoms with E-state index in [-0.39, 0.29) is 5.91 Å². The molecular formula is C27H25N3O. The molecule has 3 aromatic carbocycles. The second-order valence-corrected chi connectivity index (χ2v) is 8.19. The van der Waals surface area contributed by atoms with Gasteiger partial charge in [-0.3, -0.25) is 9.89 Å². The Morgan fingerprint density at radius 3 is 2.68 bits per heavy atom. The van der Waals surface area contributed by atoms with Gasteiger partial charge in [0.1, 0.15) is 0 Å². The van der Waals surface area contributed by atoms with E-state index in [0.29, 0.717) is 12.1 Å². The first kappa shape index (κ1) is 19.3. The van der Waals surface area contributed by atoms with Gasteiger partial charge < -0.3 is 5.32 Å². The number of H-pyrrole nitrogens is 1. The SMILES string of the molecule is Cc1cccc(CNC(=O)c2ccc(-c3n[nH]c4c3CCCc3ccccc3-4)cc2)c1. The second kappa shape index (κ2) is 8.23. The Labute approximate surface area is 182 Å². The van der Waals surface area contributed by atoms with Crippen LogP contribution in [0.2, 0.25) is 0 Å². The molecule has 4 nitrogen and oxygen atoms in total. The number of benzene rings is 3. The van der Waals surface area contributed by atoms with Crippen LogP contribution in [-0.4, -0.2) is 16.1 Å². The molecule has 31 heavy (non-hydrogen) atoms. The van der Waals surface area contributed by atoms with Gasteiger partial charge in [-0.15, -0.1) is 0 Å². The molecule has 1 aliphatic rings. The number of aryl methyl sites for hydroxylation is 2. The summed E-state index contributed by atoms with van der Waals surface area (Å²) in [5.74, 6) is -0.0668. The Balaban J connectivity index is 1.35. The molecule has 5 rings (SSSR count). The molecule has 2 N–H and O–H groups in total. The average molecular weight is 408 g/mol. The summed E-state index contributed by atoms with van der Waals surface area (Å²) < 4.78 is 0. The number of carbonyl (C=O) groups excluding carboxylic acids is 1. The van der Waals surface area contributed by atoms with Gasteiger partial charge in [0.25, 0.3) is 5.91 Å². The van der Waals surface area contributed by atoms with E-state index in [1.165, 1.54) is 22.3 Å². The van der Waals surface area contributed by atoms with E-state index >= 15 is 0 Å². The molecular weight excluding hydrogens is 382 g/mol. The number of hydrogen-bond acceptors (Lipinski definition) is 2. The molecule has 0 radical (unpaired) electrons. The van der Waals surface area contributed by atoms with Crippen LogP contribution < -0.4 is 5.32 Å². The number of nitrogens with one attached hydrogen (secondary N) is 2. The second-order valence-electron chi connectivity index (χ2n) is 8.19. The van der Waals surface area contributed by atoms with Gasteiger partial charge in [-0.2, -0.15) is 5.10 Å². The number of fused-ring (bicyclic) bond motifs is 3. The number of hydrogen-bond donors (Lipinski definition) is 2. The van der Waals surface area contributed by atoms with Crippen molar-refractivity contribution in [1.82, 2.24) is 15.5 Å². The first-order valence-corrected chi connectivity index (χ1v) is 10.8. The molecule has 1 heterocycles. The van der Waals surface area contributed by atoms with E-state index in [4.69, 9.17) is 0 Å². The zero-order valence-corrected chi connectivity index (χ0v) is 17.6. The van der Waals surface area contributed by atoms with Crippen LogP contribution in [0.1, 0.15) is 39.0 Å². The molecule has 0 unspecified atom stereocenters. The van der Waals surface area contributed by atoms with Crippen molar-refractivity contribution in [2.24, 2.45) is 0 Å². The fourth-order valence-electron chi connectivity index (χ4n) is 4.39. The van der Waals surface area contributed by atoms with Crippen LogP contribution in [0, 0.1) is 6.92 Å². The average Bonchev–Trinajstić information content (AvgIpc) is 3.13. The van der Waals surface area contributed by atoms with Crippen LogP contribution in [0.3, 0.4) is 0 Å². The van der Waals surface area contributed by atoms with Gasteiger partial charge in [0.2, 0.25) is 0 Å². The normalized spacial score (nSPS) is 12.5. The third kappa shape index (κ3) is 3.89. The molecule has 1 aliphatic carbocycles. The molecule has 4 heteroatoms. The zero-order valence-electron chi connectivity index (χ0n) is 17.6. The summed E-state index contributed by atoms with van der Waals surface area (Å²) >= 11 is 0. The summed E-state index contributed by atoms with van der Waals surface area (Å²) in [5.41, 5.74) is 9.98. The monoisotopic (exact) mass is 407 g/mol. The highest BCUT2D eigenvalue weighted by Gasteiger charge is 2.21. The standard InChI is InChI=1S/C27H25N3O/c1-18-6-4-7-19(16-18)17-28-27(31)22-14-12-21(13-15-22)25-24-11-5-9-20-8-2-3-10-23(20)26(24)30-29-25/h2-4,6-8,10,12-16H,5,9,11,17H2,1H3,(H,28,31)(H,29,30). The van der Waals surface area contributed by atoms with Gasteiger partial charge in [0.15, 0.2) is 0 Å². The quantitative estimate of drug-likeness (QED) is 0.471. The van der Waals surface area contributed by atoms with Crippen molar-refractivity contribution in [3.05, 3.63) is 101 Å². The Morgan fingerprint density at radius 2 is 1.84 bits per heavy atom. The summed E-state index contributed by atoms with van der Waals surface area (Å²) in [6.45, 7) is 2.58. The van der Waals surface area contributed by atoms with Crippen LogP contribution in [0.25, 0.3) is 22.5 Å². The summed E-state index contributed by atoms with van der Waals surface area (Å²) in [4.78, 5) is 12.6. The molecule has 1 aromatic heterocycles. The lowest BCUT2D eigenvalue weighted by atomic mass is 9.99. The minimum Gasteiger partial charge on any atom is -0.348 e. The molecule has 0 saturated carbocycles. The van der Waals surface area contributed by atoms with Crippen molar-refractivity contribution < 1.29 is 4.79 Å². The van der Waals surface area contributed by atoms with E-state index in [9.17, 15) is 4.79 Å². The van der Waals surface area contributed by atoms with Crippen molar-refractivity contribution in [2.45, 2.75) is 32.7 Å². The Morgan fingerprint density at radius 1 is 1.00 bits per heavy atom. The van der Waals surface area contributed by atoms with Gasteiger partial charge in [-0.1, -0.05) is 66.2 Å². The maximum Gasteiger partial charge on any atom is 0.251 e. The lowest BCUT2D eigenvalue weighted by Crippen LogP contribution is -2.22. The molecule has 0 bridgehead atoms. The molecule has 0 aliphatic heterocycles. The van der Waals surface area contributed by atoms with Crippen molar-refractivity contribution >= 4 is 5.91 Å². The van der Waals surface area contributed by atoms with Crippen molar-refractivity contribution in [3.8, 4) is 22.5 Å². The van der Waals surface area contributed by atoms with Gasteiger partial charge in [-0.05, 0) is 49.4 Å². The highest BCUT2D eigenvalue weighted by atomic mass is 16.1. The lowest BCUT2D eigenvalue weighted by molar-refractivity contribution is 0.0951. The number of carbonyl (C=O) groups is 1. The van der Waals surface area contributed by atoms with Crippen molar-refractivity contribution in [3.63, 3.8) is 0 Å².